The number of nitrogens with zero attached hydrogens (tertiary/aromatic N) is 1. The highest BCUT2D eigenvalue weighted by atomic mass is 79.9. The molecule has 0 atom stereocenters. The van der Waals surface area contributed by atoms with Crippen molar-refractivity contribution in [2.75, 3.05) is 6.54 Å². The molecule has 0 fully saturated rings. The standard InChI is InChI=1S/C14H14BrFN2O/c1-2-17-8-10-9-18-6-5-13(10)19-14-7-11(15)3-4-12(14)16/h3-7,9,17H,2,8H2,1H3. The fourth-order valence-electron chi connectivity index (χ4n) is 1.58. The zero-order valence-electron chi connectivity index (χ0n) is 10.5. The second-order valence-corrected chi connectivity index (χ2v) is 4.86. The van der Waals surface area contributed by atoms with Crippen LogP contribution in [0.25, 0.3) is 0 Å². The van der Waals surface area contributed by atoms with Crippen LogP contribution in [0.15, 0.2) is 41.1 Å². The molecule has 0 bridgehead atoms. The minimum Gasteiger partial charge on any atom is -0.454 e. The SMILES string of the molecule is CCNCc1cnccc1Oc1cc(Br)ccc1F. The van der Waals surface area contributed by atoms with Crippen molar-refractivity contribution in [3.63, 3.8) is 0 Å². The van der Waals surface area contributed by atoms with Crippen molar-refractivity contribution in [2.45, 2.75) is 13.5 Å². The quantitative estimate of drug-likeness (QED) is 0.906. The molecule has 1 heterocycles. The van der Waals surface area contributed by atoms with Gasteiger partial charge in [0.25, 0.3) is 0 Å². The lowest BCUT2D eigenvalue weighted by molar-refractivity contribution is 0.435. The van der Waals surface area contributed by atoms with E-state index in [2.05, 4.69) is 26.2 Å². The van der Waals surface area contributed by atoms with E-state index >= 15 is 0 Å². The van der Waals surface area contributed by atoms with E-state index < -0.39 is 5.82 Å². The molecule has 1 aromatic carbocycles. The Kier molecular flexibility index (Phi) is 4.87. The Morgan fingerprint density at radius 1 is 1.32 bits per heavy atom. The van der Waals surface area contributed by atoms with E-state index in [9.17, 15) is 4.39 Å². The fourth-order valence-corrected chi connectivity index (χ4v) is 1.92. The largest absolute Gasteiger partial charge is 0.454 e. The summed E-state index contributed by atoms with van der Waals surface area (Å²) in [4.78, 5) is 4.06. The topological polar surface area (TPSA) is 34.2 Å². The number of pyridine rings is 1. The molecule has 0 saturated heterocycles. The maximum absolute atomic E-state index is 13.7. The van der Waals surface area contributed by atoms with Gasteiger partial charge in [-0.15, -0.1) is 0 Å². The van der Waals surface area contributed by atoms with Crippen molar-refractivity contribution in [2.24, 2.45) is 0 Å². The highest BCUT2D eigenvalue weighted by Crippen LogP contribution is 2.29. The van der Waals surface area contributed by atoms with E-state index in [1.54, 1.807) is 30.6 Å². The lowest BCUT2D eigenvalue weighted by Crippen LogP contribution is -2.12. The van der Waals surface area contributed by atoms with Crippen LogP contribution in [0.3, 0.4) is 0 Å². The molecule has 0 aliphatic carbocycles. The van der Waals surface area contributed by atoms with Gasteiger partial charge >= 0.3 is 0 Å². The third-order valence-electron chi connectivity index (χ3n) is 2.54. The van der Waals surface area contributed by atoms with Crippen LogP contribution >= 0.6 is 15.9 Å². The van der Waals surface area contributed by atoms with Crippen LogP contribution in [0.2, 0.25) is 0 Å². The van der Waals surface area contributed by atoms with Crippen LogP contribution in [0, 0.1) is 5.82 Å². The van der Waals surface area contributed by atoms with Gasteiger partial charge in [-0.05, 0) is 30.8 Å². The zero-order chi connectivity index (χ0) is 13.7. The average Bonchev–Trinajstić information content (AvgIpc) is 2.42. The van der Waals surface area contributed by atoms with E-state index in [-0.39, 0.29) is 5.75 Å². The Hall–Kier alpha value is -1.46. The number of ether oxygens (including phenoxy) is 1. The van der Waals surface area contributed by atoms with Crippen LogP contribution in [0.4, 0.5) is 4.39 Å². The van der Waals surface area contributed by atoms with Crippen LogP contribution < -0.4 is 10.1 Å². The van der Waals surface area contributed by atoms with E-state index in [0.717, 1.165) is 16.6 Å². The van der Waals surface area contributed by atoms with E-state index in [4.69, 9.17) is 4.74 Å². The fraction of sp³-hybridized carbons (Fsp3) is 0.214. The summed E-state index contributed by atoms with van der Waals surface area (Å²) in [5, 5.41) is 3.19. The predicted octanol–water partition coefficient (Wildman–Crippen LogP) is 3.89. The third-order valence-corrected chi connectivity index (χ3v) is 3.03. The minimum absolute atomic E-state index is 0.193. The predicted molar refractivity (Wildman–Crippen MR) is 75.8 cm³/mol. The zero-order valence-corrected chi connectivity index (χ0v) is 12.1. The normalized spacial score (nSPS) is 10.5. The van der Waals surface area contributed by atoms with Crippen molar-refractivity contribution >= 4 is 15.9 Å². The van der Waals surface area contributed by atoms with Gasteiger partial charge < -0.3 is 10.1 Å². The summed E-state index contributed by atoms with van der Waals surface area (Å²) >= 11 is 3.30. The molecule has 0 aliphatic heterocycles. The van der Waals surface area contributed by atoms with Gasteiger partial charge in [0.05, 0.1) is 0 Å². The highest BCUT2D eigenvalue weighted by molar-refractivity contribution is 9.10. The van der Waals surface area contributed by atoms with Crippen molar-refractivity contribution in [1.29, 1.82) is 0 Å². The summed E-state index contributed by atoms with van der Waals surface area (Å²) in [6.07, 6.45) is 3.34. The molecule has 0 saturated carbocycles. The van der Waals surface area contributed by atoms with Crippen molar-refractivity contribution in [3.8, 4) is 11.5 Å². The maximum atomic E-state index is 13.7. The average molecular weight is 325 g/mol. The third kappa shape index (κ3) is 3.75. The summed E-state index contributed by atoms with van der Waals surface area (Å²) in [7, 11) is 0. The summed E-state index contributed by atoms with van der Waals surface area (Å²) in [5.74, 6) is 0.403. The maximum Gasteiger partial charge on any atom is 0.165 e. The van der Waals surface area contributed by atoms with Crippen molar-refractivity contribution < 1.29 is 9.13 Å². The number of benzene rings is 1. The molecule has 0 radical (unpaired) electrons. The Morgan fingerprint density at radius 3 is 2.95 bits per heavy atom. The van der Waals surface area contributed by atoms with Gasteiger partial charge in [-0.1, -0.05) is 22.9 Å². The minimum atomic E-state index is -0.394. The lowest BCUT2D eigenvalue weighted by Gasteiger charge is -2.11. The molecule has 0 aliphatic rings. The molecule has 5 heteroatoms. The molecule has 2 aromatic rings. The molecule has 2 rings (SSSR count). The first-order valence-electron chi connectivity index (χ1n) is 5.97. The van der Waals surface area contributed by atoms with Crippen LogP contribution in [0.5, 0.6) is 11.5 Å². The Morgan fingerprint density at radius 2 is 2.16 bits per heavy atom. The van der Waals surface area contributed by atoms with Gasteiger partial charge in [0.2, 0.25) is 0 Å². The molecule has 100 valence electrons. The second kappa shape index (κ2) is 6.63. The van der Waals surface area contributed by atoms with Gasteiger partial charge in [0.1, 0.15) is 5.75 Å². The first-order chi connectivity index (χ1) is 9.20. The molecule has 0 unspecified atom stereocenters. The highest BCUT2D eigenvalue weighted by Gasteiger charge is 2.09. The number of aromatic nitrogens is 1. The molecule has 0 spiro atoms. The monoisotopic (exact) mass is 324 g/mol. The van der Waals surface area contributed by atoms with Crippen molar-refractivity contribution in [1.82, 2.24) is 10.3 Å². The Bertz CT molecular complexity index is 563. The van der Waals surface area contributed by atoms with Gasteiger partial charge in [0, 0.05) is 29.0 Å². The summed E-state index contributed by atoms with van der Waals surface area (Å²) in [6, 6.07) is 6.33. The molecule has 3 nitrogen and oxygen atoms in total. The summed E-state index contributed by atoms with van der Waals surface area (Å²) in [5.41, 5.74) is 0.892. The van der Waals surface area contributed by atoms with Crippen LogP contribution in [-0.2, 0) is 6.54 Å². The van der Waals surface area contributed by atoms with Gasteiger partial charge in [0.15, 0.2) is 11.6 Å². The first kappa shape index (κ1) is 14.0. The summed E-state index contributed by atoms with van der Waals surface area (Å²) < 4.78 is 20.1. The molecule has 19 heavy (non-hydrogen) atoms. The van der Waals surface area contributed by atoms with Gasteiger partial charge in [-0.3, -0.25) is 4.98 Å². The van der Waals surface area contributed by atoms with E-state index in [0.29, 0.717) is 12.3 Å². The smallest absolute Gasteiger partial charge is 0.165 e. The van der Waals surface area contributed by atoms with E-state index in [1.807, 2.05) is 6.92 Å². The van der Waals surface area contributed by atoms with Gasteiger partial charge in [-0.25, -0.2) is 4.39 Å². The number of halogens is 2. The Labute approximate surface area is 119 Å². The number of hydrogen-bond acceptors (Lipinski definition) is 3. The molecular weight excluding hydrogens is 311 g/mol. The number of hydrogen-bond donors (Lipinski definition) is 1. The Balaban J connectivity index is 2.25. The second-order valence-electron chi connectivity index (χ2n) is 3.94. The first-order valence-corrected chi connectivity index (χ1v) is 6.76. The lowest BCUT2D eigenvalue weighted by atomic mass is 10.2. The summed E-state index contributed by atoms with van der Waals surface area (Å²) in [6.45, 7) is 3.50. The van der Waals surface area contributed by atoms with Crippen LogP contribution in [-0.4, -0.2) is 11.5 Å². The number of nitrogens with one attached hydrogen (secondary N) is 1. The van der Waals surface area contributed by atoms with Crippen molar-refractivity contribution in [3.05, 3.63) is 52.5 Å². The molecular formula is C14H14BrFN2O. The molecule has 0 amide bonds. The van der Waals surface area contributed by atoms with E-state index in [1.165, 1.54) is 6.07 Å². The van der Waals surface area contributed by atoms with Gasteiger partial charge in [-0.2, -0.15) is 0 Å². The van der Waals surface area contributed by atoms with Crippen LogP contribution in [0.1, 0.15) is 12.5 Å². The molecule has 1 aromatic heterocycles. The number of rotatable bonds is 5. The molecule has 1 N–H and O–H groups in total.